The highest BCUT2D eigenvalue weighted by molar-refractivity contribution is 6.04. The summed E-state index contributed by atoms with van der Waals surface area (Å²) in [6, 6.07) is 10.7. The van der Waals surface area contributed by atoms with Gasteiger partial charge >= 0.3 is 5.97 Å². The number of rotatable bonds is 5. The highest BCUT2D eigenvalue weighted by atomic mass is 16.5. The zero-order valence-corrected chi connectivity index (χ0v) is 19.7. The zero-order valence-electron chi connectivity index (χ0n) is 19.7. The molecule has 0 unspecified atom stereocenters. The largest absolute Gasteiger partial charge is 0.466 e. The second kappa shape index (κ2) is 8.44. The Kier molecular flexibility index (Phi) is 5.43. The summed E-state index contributed by atoms with van der Waals surface area (Å²) in [7, 11) is 0. The number of carbonyl (C=O) groups is 2. The summed E-state index contributed by atoms with van der Waals surface area (Å²) < 4.78 is 13.2. The van der Waals surface area contributed by atoms with E-state index >= 15 is 0 Å². The number of aryl methyl sites for hydroxylation is 2. The van der Waals surface area contributed by atoms with Crippen LogP contribution in [0.3, 0.4) is 0 Å². The van der Waals surface area contributed by atoms with Crippen molar-refractivity contribution in [2.75, 3.05) is 11.4 Å². The van der Waals surface area contributed by atoms with E-state index < -0.39 is 5.97 Å². The lowest BCUT2D eigenvalue weighted by atomic mass is 10.1. The Morgan fingerprint density at radius 2 is 1.91 bits per heavy atom. The Hall–Kier alpha value is -3.94. The fraction of sp³-hybridized carbons (Fsp3) is 0.308. The summed E-state index contributed by atoms with van der Waals surface area (Å²) in [5.74, 6) is 1.51. The van der Waals surface area contributed by atoms with Crippen molar-refractivity contribution in [3.63, 3.8) is 0 Å². The highest BCUT2D eigenvalue weighted by Crippen LogP contribution is 2.31. The molecule has 0 aliphatic carbocycles. The number of hydrogen-bond donors (Lipinski definition) is 0. The quantitative estimate of drug-likeness (QED) is 0.300. The van der Waals surface area contributed by atoms with Gasteiger partial charge in [-0.3, -0.25) is 4.79 Å². The van der Waals surface area contributed by atoms with Crippen molar-refractivity contribution in [3.05, 3.63) is 59.7 Å². The molecular formula is C26H26N4O4. The monoisotopic (exact) mass is 458 g/mol. The molecule has 0 N–H and O–H groups in total. The van der Waals surface area contributed by atoms with E-state index in [2.05, 4.69) is 5.10 Å². The van der Waals surface area contributed by atoms with Gasteiger partial charge in [0, 0.05) is 30.3 Å². The van der Waals surface area contributed by atoms with Gasteiger partial charge < -0.3 is 14.1 Å². The fourth-order valence-corrected chi connectivity index (χ4v) is 4.37. The van der Waals surface area contributed by atoms with Crippen molar-refractivity contribution in [2.45, 2.75) is 46.6 Å². The molecule has 1 aromatic carbocycles. The number of benzene rings is 1. The number of anilines is 1. The summed E-state index contributed by atoms with van der Waals surface area (Å²) in [4.78, 5) is 31.8. The molecule has 4 heterocycles. The number of furan rings is 1. The Morgan fingerprint density at radius 1 is 1.15 bits per heavy atom. The minimum atomic E-state index is -0.500. The Balaban J connectivity index is 1.51. The predicted molar refractivity (Wildman–Crippen MR) is 128 cm³/mol. The van der Waals surface area contributed by atoms with Crippen LogP contribution in [0.5, 0.6) is 5.75 Å². The molecule has 1 aliphatic heterocycles. The molecular weight excluding hydrogens is 432 g/mol. The van der Waals surface area contributed by atoms with Crippen molar-refractivity contribution >= 4 is 28.6 Å². The van der Waals surface area contributed by atoms with Gasteiger partial charge in [-0.2, -0.15) is 5.10 Å². The van der Waals surface area contributed by atoms with Gasteiger partial charge in [0.05, 0.1) is 22.8 Å². The number of amides is 1. The molecule has 0 bridgehead atoms. The number of ether oxygens (including phenoxy) is 1. The highest BCUT2D eigenvalue weighted by Gasteiger charge is 2.23. The van der Waals surface area contributed by atoms with Crippen molar-refractivity contribution in [1.82, 2.24) is 14.8 Å². The lowest BCUT2D eigenvalue weighted by molar-refractivity contribution is -0.117. The third-order valence-corrected chi connectivity index (χ3v) is 6.03. The van der Waals surface area contributed by atoms with Gasteiger partial charge in [0.15, 0.2) is 5.65 Å². The summed E-state index contributed by atoms with van der Waals surface area (Å²) in [5, 5.41) is 5.08. The predicted octanol–water partition coefficient (Wildman–Crippen LogP) is 5.24. The molecule has 8 heteroatoms. The second-order valence-electron chi connectivity index (χ2n) is 8.83. The van der Waals surface area contributed by atoms with E-state index in [-0.39, 0.29) is 11.9 Å². The van der Waals surface area contributed by atoms with Gasteiger partial charge in [0.25, 0.3) is 0 Å². The van der Waals surface area contributed by atoms with Crippen molar-refractivity contribution in [1.29, 1.82) is 0 Å². The maximum absolute atomic E-state index is 13.3. The summed E-state index contributed by atoms with van der Waals surface area (Å²) in [6.07, 6.45) is 3.07. The van der Waals surface area contributed by atoms with Crippen LogP contribution in [0.4, 0.5) is 5.69 Å². The number of nitrogens with zero attached hydrogens (tertiary/aromatic N) is 4. The van der Waals surface area contributed by atoms with Crippen molar-refractivity contribution < 1.29 is 18.7 Å². The number of hydrogen-bond acceptors (Lipinski definition) is 6. The topological polar surface area (TPSA) is 90.5 Å². The van der Waals surface area contributed by atoms with E-state index in [4.69, 9.17) is 14.1 Å². The molecule has 5 rings (SSSR count). The molecule has 0 radical (unpaired) electrons. The van der Waals surface area contributed by atoms with E-state index in [1.54, 1.807) is 46.1 Å². The molecule has 1 saturated heterocycles. The first-order valence-corrected chi connectivity index (χ1v) is 11.4. The standard InChI is InChI=1S/C26H26N4O4/c1-15(2)30-25-22(14-27-30)21(13-23(28-25)20-12-16(3)33-17(20)4)26(32)34-19-9-7-18(8-10-19)29-11-5-6-24(29)31/h7-10,12-15H,5-6,11H2,1-4H3. The first kappa shape index (κ1) is 21.9. The van der Waals surface area contributed by atoms with Crippen LogP contribution < -0.4 is 9.64 Å². The summed E-state index contributed by atoms with van der Waals surface area (Å²) in [5.41, 5.74) is 3.24. The van der Waals surface area contributed by atoms with Crippen LogP contribution in [0.2, 0.25) is 0 Å². The molecule has 1 aliphatic rings. The molecule has 0 saturated carbocycles. The number of fused-ring (bicyclic) bond motifs is 1. The first-order chi connectivity index (χ1) is 16.3. The minimum Gasteiger partial charge on any atom is -0.466 e. The number of aromatic nitrogens is 3. The fourth-order valence-electron chi connectivity index (χ4n) is 4.37. The number of carbonyl (C=O) groups excluding carboxylic acids is 2. The van der Waals surface area contributed by atoms with Gasteiger partial charge in [0.1, 0.15) is 17.3 Å². The van der Waals surface area contributed by atoms with Crippen LogP contribution >= 0.6 is 0 Å². The summed E-state index contributed by atoms with van der Waals surface area (Å²) in [6.45, 7) is 8.49. The van der Waals surface area contributed by atoms with Gasteiger partial charge in [-0.15, -0.1) is 0 Å². The van der Waals surface area contributed by atoms with Gasteiger partial charge in [0.2, 0.25) is 5.91 Å². The molecule has 0 spiro atoms. The Morgan fingerprint density at radius 3 is 2.53 bits per heavy atom. The molecule has 1 amide bonds. The van der Waals surface area contributed by atoms with Crippen molar-refractivity contribution in [2.24, 2.45) is 0 Å². The Bertz CT molecular complexity index is 1400. The van der Waals surface area contributed by atoms with E-state index in [0.717, 1.165) is 29.2 Å². The number of esters is 1. The first-order valence-electron chi connectivity index (χ1n) is 11.4. The average molecular weight is 459 g/mol. The summed E-state index contributed by atoms with van der Waals surface area (Å²) >= 11 is 0. The SMILES string of the molecule is Cc1cc(-c2cc(C(=O)Oc3ccc(N4CCCC4=O)cc3)c3cnn(C(C)C)c3n2)c(C)o1. The van der Waals surface area contributed by atoms with E-state index in [0.29, 0.717) is 41.0 Å². The van der Waals surface area contributed by atoms with Crippen LogP contribution in [-0.2, 0) is 4.79 Å². The molecule has 3 aromatic heterocycles. The molecule has 8 nitrogen and oxygen atoms in total. The van der Waals surface area contributed by atoms with E-state index in [1.807, 2.05) is 33.8 Å². The third kappa shape index (κ3) is 3.85. The van der Waals surface area contributed by atoms with Crippen LogP contribution in [0.1, 0.15) is 54.6 Å². The zero-order chi connectivity index (χ0) is 24.0. The smallest absolute Gasteiger partial charge is 0.344 e. The van der Waals surface area contributed by atoms with Crippen LogP contribution in [0.25, 0.3) is 22.3 Å². The minimum absolute atomic E-state index is 0.0668. The lowest BCUT2D eigenvalue weighted by Gasteiger charge is -2.16. The average Bonchev–Trinajstić information content (AvgIpc) is 3.51. The molecule has 34 heavy (non-hydrogen) atoms. The molecule has 4 aromatic rings. The van der Waals surface area contributed by atoms with Gasteiger partial charge in [-0.25, -0.2) is 14.5 Å². The van der Waals surface area contributed by atoms with Crippen LogP contribution in [0, 0.1) is 13.8 Å². The second-order valence-corrected chi connectivity index (χ2v) is 8.83. The van der Waals surface area contributed by atoms with Crippen molar-refractivity contribution in [3.8, 4) is 17.0 Å². The van der Waals surface area contributed by atoms with Gasteiger partial charge in [-0.05, 0) is 70.5 Å². The maximum atomic E-state index is 13.3. The van der Waals surface area contributed by atoms with E-state index in [9.17, 15) is 9.59 Å². The lowest BCUT2D eigenvalue weighted by Crippen LogP contribution is -2.23. The number of pyridine rings is 1. The van der Waals surface area contributed by atoms with Gasteiger partial charge in [-0.1, -0.05) is 0 Å². The molecule has 0 atom stereocenters. The van der Waals surface area contributed by atoms with Crippen LogP contribution in [0.15, 0.2) is 47.0 Å². The van der Waals surface area contributed by atoms with Crippen LogP contribution in [-0.4, -0.2) is 33.2 Å². The third-order valence-electron chi connectivity index (χ3n) is 6.03. The molecule has 174 valence electrons. The molecule has 1 fully saturated rings. The van der Waals surface area contributed by atoms with E-state index in [1.165, 1.54) is 0 Å². The normalized spacial score (nSPS) is 13.9. The maximum Gasteiger partial charge on any atom is 0.344 e. The Labute approximate surface area is 197 Å².